The number of hydrogen-bond acceptors (Lipinski definition) is 13. The van der Waals surface area contributed by atoms with Gasteiger partial charge < -0.3 is 63.7 Å². The van der Waals surface area contributed by atoms with Gasteiger partial charge in [-0.25, -0.2) is 0 Å². The van der Waals surface area contributed by atoms with Crippen molar-refractivity contribution < 1.29 is 61.6 Å². The lowest BCUT2D eigenvalue weighted by Gasteiger charge is -2.35. The molecule has 0 radical (unpaired) electrons. The summed E-state index contributed by atoms with van der Waals surface area (Å²) in [5, 5.41) is 11.4. The van der Waals surface area contributed by atoms with E-state index in [2.05, 4.69) is 39.0 Å². The van der Waals surface area contributed by atoms with E-state index in [4.69, 9.17) is 52.2 Å². The molecule has 0 bridgehead atoms. The molecule has 0 aromatic heterocycles. The molecule has 4 N–H and O–H groups in total. The normalized spacial score (nSPS) is 12.2. The van der Waals surface area contributed by atoms with Crippen molar-refractivity contribution in [2.45, 2.75) is 82.8 Å². The van der Waals surface area contributed by atoms with Crippen LogP contribution < -0.4 is 26.2 Å². The molecule has 0 saturated heterocycles. The van der Waals surface area contributed by atoms with Gasteiger partial charge in [-0.2, -0.15) is 0 Å². The summed E-state index contributed by atoms with van der Waals surface area (Å²) in [4.78, 5) is 64.3. The second-order valence-electron chi connectivity index (χ2n) is 12.9. The third-order valence-electron chi connectivity index (χ3n) is 7.98. The van der Waals surface area contributed by atoms with E-state index in [1.807, 2.05) is 0 Å². The summed E-state index contributed by atoms with van der Waals surface area (Å²) < 4.78 is 48.8. The fourth-order valence-corrected chi connectivity index (χ4v) is 5.50. The molecule has 0 aliphatic heterocycles. The zero-order valence-electron chi connectivity index (χ0n) is 33.7. The number of unbranched alkanes of at least 4 members (excludes halogenated alkanes) is 1. The first kappa shape index (κ1) is 53.5. The average molecular weight is 828 g/mol. The van der Waals surface area contributed by atoms with Crippen LogP contribution in [0.2, 0.25) is 0 Å². The van der Waals surface area contributed by atoms with E-state index in [1.165, 1.54) is 13.8 Å². The van der Waals surface area contributed by atoms with Gasteiger partial charge in [0.05, 0.1) is 66.1 Å². The summed E-state index contributed by atoms with van der Waals surface area (Å²) in [5.41, 5.74) is -1.81. The SMILES string of the molecule is C#CCOCCOCCNC(=O)CCC(CCC(=O)NCCOCCOCC#C)(CCC(=O)NCCOCCOCC#C)NC(=O)CCCCOP(=O)([O-])C(C)C. The van der Waals surface area contributed by atoms with Gasteiger partial charge in [0.2, 0.25) is 23.6 Å². The molecule has 57 heavy (non-hydrogen) atoms. The highest BCUT2D eigenvalue weighted by molar-refractivity contribution is 7.52. The van der Waals surface area contributed by atoms with Gasteiger partial charge >= 0.3 is 0 Å². The van der Waals surface area contributed by atoms with E-state index in [9.17, 15) is 28.6 Å². The fraction of sp³-hybridized carbons (Fsp3) is 0.744. The Morgan fingerprint density at radius 2 is 0.930 bits per heavy atom. The van der Waals surface area contributed by atoms with Crippen molar-refractivity contribution in [1.29, 1.82) is 0 Å². The largest absolute Gasteiger partial charge is 0.778 e. The van der Waals surface area contributed by atoms with E-state index in [0.29, 0.717) is 52.5 Å². The van der Waals surface area contributed by atoms with E-state index in [1.54, 1.807) is 0 Å². The van der Waals surface area contributed by atoms with Gasteiger partial charge in [0, 0.05) is 56.5 Å². The Balaban J connectivity index is 5.62. The number of carbonyl (C=O) groups is 4. The molecule has 324 valence electrons. The number of nitrogens with one attached hydrogen (secondary N) is 4. The van der Waals surface area contributed by atoms with Crippen LogP contribution >= 0.6 is 7.60 Å². The Kier molecular flexibility index (Phi) is 33.4. The van der Waals surface area contributed by atoms with E-state index in [-0.39, 0.29) is 134 Å². The first-order valence-electron chi connectivity index (χ1n) is 19.2. The van der Waals surface area contributed by atoms with Crippen LogP contribution in [0.25, 0.3) is 0 Å². The number of terminal acetylenes is 3. The summed E-state index contributed by atoms with van der Waals surface area (Å²) >= 11 is 0. The van der Waals surface area contributed by atoms with Crippen LogP contribution in [-0.2, 0) is 56.7 Å². The molecule has 0 rings (SSSR count). The van der Waals surface area contributed by atoms with Crippen molar-refractivity contribution in [3.05, 3.63) is 0 Å². The van der Waals surface area contributed by atoms with Crippen molar-refractivity contribution in [2.24, 2.45) is 0 Å². The zero-order chi connectivity index (χ0) is 42.5. The summed E-state index contributed by atoms with van der Waals surface area (Å²) in [6, 6.07) is 0. The number of carbonyl (C=O) groups excluding carboxylic acids is 4. The van der Waals surface area contributed by atoms with Crippen LogP contribution in [0.3, 0.4) is 0 Å². The van der Waals surface area contributed by atoms with E-state index in [0.717, 1.165) is 0 Å². The highest BCUT2D eigenvalue weighted by Crippen LogP contribution is 2.42. The number of amides is 4. The monoisotopic (exact) mass is 827 g/mol. The third-order valence-corrected chi connectivity index (χ3v) is 9.78. The molecule has 0 aromatic rings. The lowest BCUT2D eigenvalue weighted by atomic mass is 9.83. The van der Waals surface area contributed by atoms with Crippen LogP contribution in [0, 0.1) is 37.0 Å². The van der Waals surface area contributed by atoms with Gasteiger partial charge in [-0.1, -0.05) is 31.6 Å². The van der Waals surface area contributed by atoms with Crippen LogP contribution in [0.15, 0.2) is 0 Å². The van der Waals surface area contributed by atoms with Gasteiger partial charge in [-0.3, -0.25) is 19.2 Å². The lowest BCUT2D eigenvalue weighted by Crippen LogP contribution is -2.50. The van der Waals surface area contributed by atoms with Crippen molar-refractivity contribution >= 4 is 31.2 Å². The molecular formula is C39H64N4O13P-. The minimum atomic E-state index is -4.00. The molecule has 0 aliphatic rings. The van der Waals surface area contributed by atoms with Crippen molar-refractivity contribution in [1.82, 2.24) is 21.3 Å². The van der Waals surface area contributed by atoms with Gasteiger partial charge in [0.25, 0.3) is 0 Å². The van der Waals surface area contributed by atoms with Gasteiger partial charge in [-0.05, 0) is 32.1 Å². The topological polar surface area (TPSA) is 221 Å². The second kappa shape index (κ2) is 35.6. The molecule has 0 aliphatic carbocycles. The highest BCUT2D eigenvalue weighted by Gasteiger charge is 2.33. The van der Waals surface area contributed by atoms with Crippen molar-refractivity contribution in [3.63, 3.8) is 0 Å². The predicted molar refractivity (Wildman–Crippen MR) is 212 cm³/mol. The van der Waals surface area contributed by atoms with Gasteiger partial charge in [-0.15, -0.1) is 19.3 Å². The van der Waals surface area contributed by atoms with Crippen LogP contribution in [0.4, 0.5) is 0 Å². The lowest BCUT2D eigenvalue weighted by molar-refractivity contribution is -0.200. The Morgan fingerprint density at radius 1 is 0.561 bits per heavy atom. The molecule has 1 unspecified atom stereocenters. The molecule has 0 saturated carbocycles. The van der Waals surface area contributed by atoms with Crippen LogP contribution in [0.5, 0.6) is 0 Å². The minimum absolute atomic E-state index is 0.0216. The smallest absolute Gasteiger partial charge is 0.220 e. The summed E-state index contributed by atoms with van der Waals surface area (Å²) in [6.45, 7) is 6.75. The number of ether oxygens (including phenoxy) is 6. The Hall–Kier alpha value is -3.53. The Bertz CT molecular complexity index is 1180. The quantitative estimate of drug-likeness (QED) is 0.0383. The highest BCUT2D eigenvalue weighted by atomic mass is 31.2. The van der Waals surface area contributed by atoms with Gasteiger partial charge in [0.15, 0.2) is 0 Å². The third kappa shape index (κ3) is 32.2. The fourth-order valence-electron chi connectivity index (χ4n) is 4.81. The first-order valence-corrected chi connectivity index (χ1v) is 20.9. The molecule has 0 spiro atoms. The molecule has 1 atom stereocenters. The average Bonchev–Trinajstić information content (AvgIpc) is 3.18. The van der Waals surface area contributed by atoms with E-state index >= 15 is 0 Å². The predicted octanol–water partition coefficient (Wildman–Crippen LogP) is 0.679. The molecule has 0 fully saturated rings. The Labute approximate surface area is 339 Å². The molecule has 0 aromatic carbocycles. The van der Waals surface area contributed by atoms with Crippen LogP contribution in [0.1, 0.15) is 71.6 Å². The number of rotatable bonds is 38. The molecule has 4 amide bonds. The minimum Gasteiger partial charge on any atom is -0.778 e. The second-order valence-corrected chi connectivity index (χ2v) is 15.3. The number of hydrogen-bond donors (Lipinski definition) is 4. The molecular weight excluding hydrogens is 763 g/mol. The molecule has 17 nitrogen and oxygen atoms in total. The van der Waals surface area contributed by atoms with E-state index < -0.39 is 18.8 Å². The summed E-state index contributed by atoms with van der Waals surface area (Å²) in [6.07, 6.45) is 16.4. The van der Waals surface area contributed by atoms with Crippen molar-refractivity contribution in [3.8, 4) is 37.0 Å². The summed E-state index contributed by atoms with van der Waals surface area (Å²) in [7, 11) is -4.00. The van der Waals surface area contributed by atoms with Crippen molar-refractivity contribution in [2.75, 3.05) is 106 Å². The Morgan fingerprint density at radius 3 is 1.28 bits per heavy atom. The first-order chi connectivity index (χ1) is 27.4. The van der Waals surface area contributed by atoms with Gasteiger partial charge in [0.1, 0.15) is 27.4 Å². The summed E-state index contributed by atoms with van der Waals surface area (Å²) in [5.74, 6) is 5.75. The maximum Gasteiger partial charge on any atom is 0.220 e. The van der Waals surface area contributed by atoms with Crippen LogP contribution in [-0.4, -0.2) is 140 Å². The molecule has 18 heteroatoms. The maximum atomic E-state index is 13.4. The zero-order valence-corrected chi connectivity index (χ0v) is 34.6. The molecule has 0 heterocycles. The standard InChI is InChI=1S/C39H65N4O13P/c1-6-21-50-28-31-53-25-18-40-35(44)12-15-39(16-13-36(45)41-19-26-54-32-29-51-22-7-2,17-14-37(46)42-20-27-55-33-30-52-23-8-3)43-38(47)11-9-10-24-56-57(48,49)34(4)5/h1-3,34H,9-33H2,4-5H3,(H,40,44)(H,41,45)(H,42,46)(H,43,47)(H,48,49)/p-1. The maximum absolute atomic E-state index is 13.4.